The van der Waals surface area contributed by atoms with Gasteiger partial charge in [-0.3, -0.25) is 9.79 Å². The molecule has 0 aromatic heterocycles. The predicted octanol–water partition coefficient (Wildman–Crippen LogP) is 1.28. The number of carbonyl (C=O) groups excluding carboxylic acids is 1. The fraction of sp³-hybridized carbons (Fsp3) is 0.455. The van der Waals surface area contributed by atoms with Gasteiger partial charge in [0.05, 0.1) is 11.5 Å². The van der Waals surface area contributed by atoms with E-state index >= 15 is 0 Å². The van der Waals surface area contributed by atoms with E-state index in [4.69, 9.17) is 0 Å². The molecular weight excluding hydrogens is 176 g/mol. The summed E-state index contributed by atoms with van der Waals surface area (Å²) in [6.07, 6.45) is 7.55. The second kappa shape index (κ2) is 3.78. The van der Waals surface area contributed by atoms with Crippen molar-refractivity contribution in [1.82, 2.24) is 4.90 Å². The van der Waals surface area contributed by atoms with Gasteiger partial charge in [-0.2, -0.15) is 0 Å². The Morgan fingerprint density at radius 2 is 2.14 bits per heavy atom. The normalized spacial score (nSPS) is 30.1. The summed E-state index contributed by atoms with van der Waals surface area (Å²) in [5, 5.41) is 0. The van der Waals surface area contributed by atoms with E-state index in [9.17, 15) is 4.79 Å². The van der Waals surface area contributed by atoms with Gasteiger partial charge >= 0.3 is 0 Å². The fourth-order valence-electron chi connectivity index (χ4n) is 1.65. The van der Waals surface area contributed by atoms with Crippen LogP contribution in [0, 0.1) is 5.41 Å². The lowest BCUT2D eigenvalue weighted by molar-refractivity contribution is -0.136. The number of amides is 1. The predicted molar refractivity (Wildman–Crippen MR) is 58.4 cm³/mol. The Hall–Kier alpha value is -1.38. The summed E-state index contributed by atoms with van der Waals surface area (Å²) in [5.74, 6) is 0.0514. The summed E-state index contributed by atoms with van der Waals surface area (Å²) >= 11 is 0. The molecule has 0 radical (unpaired) electrons. The minimum Gasteiger partial charge on any atom is -0.348 e. The summed E-state index contributed by atoms with van der Waals surface area (Å²) in [7, 11) is 3.50. The lowest BCUT2D eigenvalue weighted by Crippen LogP contribution is -2.44. The van der Waals surface area contributed by atoms with Gasteiger partial charge in [-0.05, 0) is 13.6 Å². The zero-order valence-electron chi connectivity index (χ0n) is 8.90. The first-order chi connectivity index (χ1) is 6.52. The summed E-state index contributed by atoms with van der Waals surface area (Å²) in [6.45, 7) is 5.40. The molecular formula is C11H16N2O. The van der Waals surface area contributed by atoms with Crippen LogP contribution in [0.15, 0.2) is 29.3 Å². The van der Waals surface area contributed by atoms with E-state index in [1.165, 1.54) is 0 Å². The lowest BCUT2D eigenvalue weighted by Gasteiger charge is -2.33. The lowest BCUT2D eigenvalue weighted by atomic mass is 9.78. The molecule has 0 N–H and O–H groups in total. The van der Waals surface area contributed by atoms with Crippen molar-refractivity contribution in [2.45, 2.75) is 13.0 Å². The van der Waals surface area contributed by atoms with Crippen molar-refractivity contribution < 1.29 is 4.79 Å². The molecule has 0 bridgehead atoms. The van der Waals surface area contributed by atoms with Crippen molar-refractivity contribution in [1.29, 1.82) is 0 Å². The minimum atomic E-state index is -0.583. The highest BCUT2D eigenvalue weighted by Crippen LogP contribution is 2.31. The van der Waals surface area contributed by atoms with Gasteiger partial charge in [0.25, 0.3) is 0 Å². The molecule has 1 aliphatic rings. The van der Waals surface area contributed by atoms with Crippen molar-refractivity contribution in [3.8, 4) is 0 Å². The van der Waals surface area contributed by atoms with Gasteiger partial charge in [0.15, 0.2) is 0 Å². The van der Waals surface area contributed by atoms with Crippen LogP contribution in [0.5, 0.6) is 0 Å². The number of hydrogen-bond donors (Lipinski definition) is 0. The maximum atomic E-state index is 11.9. The smallest absolute Gasteiger partial charge is 0.234 e. The molecule has 14 heavy (non-hydrogen) atoms. The third-order valence-electron chi connectivity index (χ3n) is 2.53. The highest BCUT2D eigenvalue weighted by Gasteiger charge is 2.39. The maximum absolute atomic E-state index is 11.9. The van der Waals surface area contributed by atoms with E-state index in [0.717, 1.165) is 0 Å². The summed E-state index contributed by atoms with van der Waals surface area (Å²) < 4.78 is 0. The molecule has 1 aliphatic carbocycles. The molecule has 2 unspecified atom stereocenters. The Bertz CT molecular complexity index is 304. The fourth-order valence-corrected chi connectivity index (χ4v) is 1.65. The van der Waals surface area contributed by atoms with Gasteiger partial charge in [0.2, 0.25) is 5.91 Å². The molecule has 0 heterocycles. The van der Waals surface area contributed by atoms with Crippen molar-refractivity contribution in [2.75, 3.05) is 14.1 Å². The zero-order chi connectivity index (χ0) is 10.8. The van der Waals surface area contributed by atoms with E-state index in [1.54, 1.807) is 19.0 Å². The first-order valence-electron chi connectivity index (χ1n) is 4.56. The average Bonchev–Trinajstić information content (AvgIpc) is 2.17. The van der Waals surface area contributed by atoms with E-state index in [0.29, 0.717) is 0 Å². The Morgan fingerprint density at radius 1 is 1.50 bits per heavy atom. The molecule has 76 valence electrons. The topological polar surface area (TPSA) is 32.7 Å². The Morgan fingerprint density at radius 3 is 2.64 bits per heavy atom. The molecule has 0 aromatic carbocycles. The quantitative estimate of drug-likeness (QED) is 0.606. The highest BCUT2D eigenvalue weighted by atomic mass is 16.2. The summed E-state index contributed by atoms with van der Waals surface area (Å²) in [4.78, 5) is 17.5. The van der Waals surface area contributed by atoms with Crippen molar-refractivity contribution in [3.63, 3.8) is 0 Å². The number of hydrogen-bond acceptors (Lipinski definition) is 2. The highest BCUT2D eigenvalue weighted by molar-refractivity contribution is 5.85. The molecule has 3 heteroatoms. The van der Waals surface area contributed by atoms with Gasteiger partial charge in [-0.1, -0.05) is 24.3 Å². The zero-order valence-corrected chi connectivity index (χ0v) is 8.90. The molecule has 1 rings (SSSR count). The first kappa shape index (κ1) is 10.7. The Kier molecular flexibility index (Phi) is 2.89. The Labute approximate surface area is 84.8 Å². The van der Waals surface area contributed by atoms with E-state index in [-0.39, 0.29) is 11.9 Å². The minimum absolute atomic E-state index is 0.0514. The molecule has 0 saturated carbocycles. The second-order valence-electron chi connectivity index (χ2n) is 3.85. The van der Waals surface area contributed by atoms with Gasteiger partial charge in [-0.25, -0.2) is 0 Å². The van der Waals surface area contributed by atoms with Crippen LogP contribution >= 0.6 is 0 Å². The van der Waals surface area contributed by atoms with Crippen LogP contribution < -0.4 is 0 Å². The molecule has 0 aliphatic heterocycles. The summed E-state index contributed by atoms with van der Waals surface area (Å²) in [5.41, 5.74) is -0.583. The molecule has 2 atom stereocenters. The van der Waals surface area contributed by atoms with Crippen molar-refractivity contribution >= 4 is 12.6 Å². The van der Waals surface area contributed by atoms with Crippen LogP contribution in [-0.2, 0) is 4.79 Å². The van der Waals surface area contributed by atoms with Gasteiger partial charge < -0.3 is 4.90 Å². The summed E-state index contributed by atoms with van der Waals surface area (Å²) in [6, 6.07) is -0.164. The SMILES string of the molecule is C=NC1C=CC=CC1(C)C(=O)N(C)C. The molecule has 3 nitrogen and oxygen atoms in total. The van der Waals surface area contributed by atoms with E-state index in [1.807, 2.05) is 31.2 Å². The largest absolute Gasteiger partial charge is 0.348 e. The van der Waals surface area contributed by atoms with Crippen LogP contribution in [0.3, 0.4) is 0 Å². The van der Waals surface area contributed by atoms with E-state index in [2.05, 4.69) is 11.7 Å². The Balaban J connectivity index is 3.02. The van der Waals surface area contributed by atoms with E-state index < -0.39 is 5.41 Å². The molecule has 0 fully saturated rings. The van der Waals surface area contributed by atoms with Gasteiger partial charge in [0.1, 0.15) is 0 Å². The van der Waals surface area contributed by atoms with Crippen LogP contribution in [0.1, 0.15) is 6.92 Å². The molecule has 0 aromatic rings. The number of nitrogens with zero attached hydrogens (tertiary/aromatic N) is 2. The van der Waals surface area contributed by atoms with Crippen LogP contribution in [0.25, 0.3) is 0 Å². The number of aliphatic imine (C=N–C) groups is 1. The third-order valence-corrected chi connectivity index (χ3v) is 2.53. The average molecular weight is 192 g/mol. The molecule has 1 amide bonds. The van der Waals surface area contributed by atoms with Gasteiger partial charge in [0, 0.05) is 14.1 Å². The molecule has 0 spiro atoms. The monoisotopic (exact) mass is 192 g/mol. The van der Waals surface area contributed by atoms with Crippen molar-refractivity contribution in [2.24, 2.45) is 10.4 Å². The molecule has 0 saturated heterocycles. The maximum Gasteiger partial charge on any atom is 0.234 e. The second-order valence-corrected chi connectivity index (χ2v) is 3.85. The third kappa shape index (κ3) is 1.62. The van der Waals surface area contributed by atoms with Gasteiger partial charge in [-0.15, -0.1) is 0 Å². The first-order valence-corrected chi connectivity index (χ1v) is 4.56. The number of carbonyl (C=O) groups is 1. The standard InChI is InChI=1S/C11H16N2O/c1-11(10(14)13(3)4)8-6-5-7-9(11)12-2/h5-9H,2H2,1,3-4H3. The number of allylic oxidation sites excluding steroid dienone is 2. The van der Waals surface area contributed by atoms with Crippen molar-refractivity contribution in [3.05, 3.63) is 24.3 Å². The van der Waals surface area contributed by atoms with Crippen LogP contribution in [-0.4, -0.2) is 37.7 Å². The van der Waals surface area contributed by atoms with Crippen LogP contribution in [0.4, 0.5) is 0 Å². The van der Waals surface area contributed by atoms with Crippen LogP contribution in [0.2, 0.25) is 0 Å². The number of rotatable bonds is 2.